The van der Waals surface area contributed by atoms with Crippen LogP contribution in [0.5, 0.6) is 5.75 Å². The molecule has 1 aromatic heterocycles. The average molecular weight is 332 g/mol. The molecule has 1 aromatic carbocycles. The standard InChI is InChI=1S/C18H21FN2O3/c1-20-8-6-13(7-9-20)21(12-15-3-2-10-24-15)18(23)16-5-4-14(22)11-17(16)19/h2-5,10-11,13,22H,6-9,12H2,1H3. The second-order valence-corrected chi connectivity index (χ2v) is 6.21. The first-order valence-electron chi connectivity index (χ1n) is 8.05. The van der Waals surface area contributed by atoms with Gasteiger partial charge < -0.3 is 19.3 Å². The van der Waals surface area contributed by atoms with Crippen LogP contribution in [-0.4, -0.2) is 47.0 Å². The average Bonchev–Trinajstić information content (AvgIpc) is 3.06. The molecule has 2 aromatic rings. The Hall–Kier alpha value is -2.34. The highest BCUT2D eigenvalue weighted by Crippen LogP contribution is 2.23. The van der Waals surface area contributed by atoms with E-state index in [1.807, 2.05) is 6.07 Å². The van der Waals surface area contributed by atoms with Gasteiger partial charge in [-0.3, -0.25) is 4.79 Å². The number of phenols is 1. The molecule has 1 N–H and O–H groups in total. The van der Waals surface area contributed by atoms with Gasteiger partial charge >= 0.3 is 0 Å². The van der Waals surface area contributed by atoms with E-state index in [4.69, 9.17) is 4.42 Å². The van der Waals surface area contributed by atoms with E-state index in [1.165, 1.54) is 12.1 Å². The Morgan fingerprint density at radius 3 is 2.75 bits per heavy atom. The molecule has 0 bridgehead atoms. The van der Waals surface area contributed by atoms with Crippen LogP contribution in [0.4, 0.5) is 4.39 Å². The lowest BCUT2D eigenvalue weighted by Gasteiger charge is -2.37. The molecule has 24 heavy (non-hydrogen) atoms. The number of nitrogens with zero attached hydrogens (tertiary/aromatic N) is 2. The summed E-state index contributed by atoms with van der Waals surface area (Å²) >= 11 is 0. The van der Waals surface area contributed by atoms with Crippen molar-refractivity contribution in [2.24, 2.45) is 0 Å². The molecular weight excluding hydrogens is 311 g/mol. The maximum atomic E-state index is 14.1. The van der Waals surface area contributed by atoms with Crippen molar-refractivity contribution in [3.8, 4) is 5.75 Å². The third-order valence-corrected chi connectivity index (χ3v) is 4.48. The van der Waals surface area contributed by atoms with E-state index in [9.17, 15) is 14.3 Å². The lowest BCUT2D eigenvalue weighted by molar-refractivity contribution is 0.0546. The molecule has 0 aliphatic carbocycles. The maximum Gasteiger partial charge on any atom is 0.257 e. The van der Waals surface area contributed by atoms with Crippen molar-refractivity contribution in [1.82, 2.24) is 9.80 Å². The molecule has 0 spiro atoms. The van der Waals surface area contributed by atoms with Crippen LogP contribution < -0.4 is 0 Å². The second kappa shape index (κ2) is 7.05. The zero-order valence-electron chi connectivity index (χ0n) is 13.6. The van der Waals surface area contributed by atoms with Gasteiger partial charge in [-0.15, -0.1) is 0 Å². The van der Waals surface area contributed by atoms with Gasteiger partial charge in [-0.25, -0.2) is 4.39 Å². The normalized spacial score (nSPS) is 16.2. The molecule has 0 atom stereocenters. The summed E-state index contributed by atoms with van der Waals surface area (Å²) < 4.78 is 19.5. The number of likely N-dealkylation sites (tertiary alicyclic amines) is 1. The third-order valence-electron chi connectivity index (χ3n) is 4.48. The highest BCUT2D eigenvalue weighted by molar-refractivity contribution is 5.94. The van der Waals surface area contributed by atoms with Gasteiger partial charge in [0, 0.05) is 12.1 Å². The first kappa shape index (κ1) is 16.5. The molecule has 1 saturated heterocycles. The molecule has 0 radical (unpaired) electrons. The number of carbonyl (C=O) groups is 1. The van der Waals surface area contributed by atoms with Crippen LogP contribution in [-0.2, 0) is 6.54 Å². The SMILES string of the molecule is CN1CCC(N(Cc2ccco2)C(=O)c2ccc(O)cc2F)CC1. The van der Waals surface area contributed by atoms with Crippen molar-refractivity contribution in [3.05, 3.63) is 53.7 Å². The molecule has 2 heterocycles. The minimum Gasteiger partial charge on any atom is -0.508 e. The minimum absolute atomic E-state index is 0.0294. The molecule has 128 valence electrons. The Bertz CT molecular complexity index is 694. The highest BCUT2D eigenvalue weighted by atomic mass is 19.1. The molecular formula is C18H21FN2O3. The van der Waals surface area contributed by atoms with Crippen LogP contribution in [0.3, 0.4) is 0 Å². The Morgan fingerprint density at radius 1 is 1.38 bits per heavy atom. The Kier molecular flexibility index (Phi) is 4.85. The molecule has 0 saturated carbocycles. The molecule has 1 fully saturated rings. The van der Waals surface area contributed by atoms with Crippen LogP contribution in [0.15, 0.2) is 41.0 Å². The summed E-state index contributed by atoms with van der Waals surface area (Å²) in [7, 11) is 2.05. The Morgan fingerprint density at radius 2 is 2.12 bits per heavy atom. The number of hydrogen-bond acceptors (Lipinski definition) is 4. The third kappa shape index (κ3) is 3.59. The van der Waals surface area contributed by atoms with Gasteiger partial charge in [0.05, 0.1) is 18.4 Å². The van der Waals surface area contributed by atoms with Gasteiger partial charge in [-0.2, -0.15) is 0 Å². The summed E-state index contributed by atoms with van der Waals surface area (Å²) in [6.07, 6.45) is 3.24. The van der Waals surface area contributed by atoms with E-state index in [2.05, 4.69) is 11.9 Å². The number of carbonyl (C=O) groups excluding carboxylic acids is 1. The summed E-state index contributed by atoms with van der Waals surface area (Å²) in [4.78, 5) is 16.8. The summed E-state index contributed by atoms with van der Waals surface area (Å²) in [5.41, 5.74) is -0.0294. The van der Waals surface area contributed by atoms with Crippen molar-refractivity contribution >= 4 is 5.91 Å². The summed E-state index contributed by atoms with van der Waals surface area (Å²) in [5.74, 6) is -0.613. The fourth-order valence-corrected chi connectivity index (χ4v) is 3.08. The first-order chi connectivity index (χ1) is 11.5. The van der Waals surface area contributed by atoms with Crippen molar-refractivity contribution in [1.29, 1.82) is 0 Å². The van der Waals surface area contributed by atoms with Crippen LogP contribution in [0, 0.1) is 5.82 Å². The number of benzene rings is 1. The van der Waals surface area contributed by atoms with Gasteiger partial charge in [0.25, 0.3) is 5.91 Å². The van der Waals surface area contributed by atoms with Gasteiger partial charge in [0.15, 0.2) is 0 Å². The van der Waals surface area contributed by atoms with E-state index >= 15 is 0 Å². The zero-order valence-corrected chi connectivity index (χ0v) is 13.6. The quantitative estimate of drug-likeness (QED) is 0.935. The molecule has 1 amide bonds. The summed E-state index contributed by atoms with van der Waals surface area (Å²) in [6, 6.07) is 7.24. The predicted octanol–water partition coefficient (Wildman–Crippen LogP) is 2.86. The van der Waals surface area contributed by atoms with Gasteiger partial charge in [0.1, 0.15) is 17.3 Å². The molecule has 5 nitrogen and oxygen atoms in total. The summed E-state index contributed by atoms with van der Waals surface area (Å²) in [5, 5.41) is 9.36. The smallest absolute Gasteiger partial charge is 0.257 e. The lowest BCUT2D eigenvalue weighted by atomic mass is 10.0. The number of hydrogen-bond donors (Lipinski definition) is 1. The van der Waals surface area contributed by atoms with E-state index in [-0.39, 0.29) is 23.3 Å². The van der Waals surface area contributed by atoms with Crippen molar-refractivity contribution in [2.45, 2.75) is 25.4 Å². The Labute approximate surface area is 140 Å². The van der Waals surface area contributed by atoms with E-state index in [1.54, 1.807) is 17.2 Å². The fourth-order valence-electron chi connectivity index (χ4n) is 3.08. The Balaban J connectivity index is 1.86. The first-order valence-corrected chi connectivity index (χ1v) is 8.05. The molecule has 1 aliphatic heterocycles. The number of amides is 1. The molecule has 3 rings (SSSR count). The lowest BCUT2D eigenvalue weighted by Crippen LogP contribution is -2.46. The van der Waals surface area contributed by atoms with Gasteiger partial charge in [-0.05, 0) is 57.2 Å². The number of aromatic hydroxyl groups is 1. The van der Waals surface area contributed by atoms with E-state index in [0.717, 1.165) is 32.0 Å². The highest BCUT2D eigenvalue weighted by Gasteiger charge is 2.29. The number of piperidine rings is 1. The van der Waals surface area contributed by atoms with Crippen LogP contribution in [0.2, 0.25) is 0 Å². The topological polar surface area (TPSA) is 56.9 Å². The van der Waals surface area contributed by atoms with E-state index in [0.29, 0.717) is 12.3 Å². The van der Waals surface area contributed by atoms with Crippen molar-refractivity contribution < 1.29 is 18.7 Å². The number of phenolic OH excluding ortho intramolecular Hbond substituents is 1. The maximum absolute atomic E-state index is 14.1. The number of rotatable bonds is 4. The van der Waals surface area contributed by atoms with E-state index < -0.39 is 5.82 Å². The van der Waals surface area contributed by atoms with Crippen molar-refractivity contribution in [2.75, 3.05) is 20.1 Å². The van der Waals surface area contributed by atoms with Crippen LogP contribution in [0.1, 0.15) is 29.0 Å². The monoisotopic (exact) mass is 332 g/mol. The molecule has 0 unspecified atom stereocenters. The van der Waals surface area contributed by atoms with Gasteiger partial charge in [-0.1, -0.05) is 0 Å². The zero-order chi connectivity index (χ0) is 17.1. The predicted molar refractivity (Wildman–Crippen MR) is 87.2 cm³/mol. The van der Waals surface area contributed by atoms with Crippen LogP contribution in [0.25, 0.3) is 0 Å². The van der Waals surface area contributed by atoms with Crippen molar-refractivity contribution in [3.63, 3.8) is 0 Å². The molecule has 1 aliphatic rings. The second-order valence-electron chi connectivity index (χ2n) is 6.21. The largest absolute Gasteiger partial charge is 0.508 e. The molecule has 6 heteroatoms. The number of halogens is 1. The summed E-state index contributed by atoms with van der Waals surface area (Å²) in [6.45, 7) is 2.09. The van der Waals surface area contributed by atoms with Gasteiger partial charge in [0.2, 0.25) is 0 Å². The minimum atomic E-state index is -0.711. The number of furan rings is 1. The fraction of sp³-hybridized carbons (Fsp3) is 0.389. The van der Waals surface area contributed by atoms with Crippen LogP contribution >= 0.6 is 0 Å².